The number of halogens is 3. The zero-order valence-electron chi connectivity index (χ0n) is 16.8. The molecule has 1 aliphatic rings. The number of benzene rings is 2. The average Bonchev–Trinajstić information content (AvgIpc) is 2.69. The molecule has 1 aliphatic heterocycles. The number of anilines is 1. The summed E-state index contributed by atoms with van der Waals surface area (Å²) in [6.07, 6.45) is 2.81. The molecule has 1 aromatic heterocycles. The summed E-state index contributed by atoms with van der Waals surface area (Å²) in [4.78, 5) is 17.7. The van der Waals surface area contributed by atoms with Crippen molar-refractivity contribution in [1.82, 2.24) is 4.98 Å². The molecular weight excluding hydrogens is 440 g/mol. The average molecular weight is 462 g/mol. The Morgan fingerprint density at radius 2 is 2.10 bits per heavy atom. The van der Waals surface area contributed by atoms with Crippen LogP contribution in [0.1, 0.15) is 17.5 Å². The second kappa shape index (κ2) is 9.54. The van der Waals surface area contributed by atoms with Gasteiger partial charge in [0.25, 0.3) is 0 Å². The smallest absolute Gasteiger partial charge is 0.240 e. The molecule has 2 N–H and O–H groups in total. The molecule has 1 atom stereocenters. The number of methoxy groups -OCH3 is 1. The Labute approximate surface area is 191 Å². The zero-order valence-corrected chi connectivity index (χ0v) is 18.4. The molecule has 5 nitrogen and oxygen atoms in total. The van der Waals surface area contributed by atoms with Crippen molar-refractivity contribution in [3.05, 3.63) is 76.7 Å². The van der Waals surface area contributed by atoms with Crippen LogP contribution in [-0.2, 0) is 11.2 Å². The maximum absolute atomic E-state index is 15.4. The first-order valence-electron chi connectivity index (χ1n) is 9.60. The highest BCUT2D eigenvalue weighted by molar-refractivity contribution is 6.30. The Kier molecular flexibility index (Phi) is 7.03. The second-order valence-corrected chi connectivity index (χ2v) is 7.66. The van der Waals surface area contributed by atoms with Gasteiger partial charge in [0.05, 0.1) is 12.7 Å². The van der Waals surface area contributed by atoms with Gasteiger partial charge < -0.3 is 15.4 Å². The third-order valence-electron chi connectivity index (χ3n) is 5.36. The van der Waals surface area contributed by atoms with E-state index in [4.69, 9.17) is 22.1 Å². The topological polar surface area (TPSA) is 68.5 Å². The van der Waals surface area contributed by atoms with E-state index in [-0.39, 0.29) is 30.2 Å². The molecule has 2 heterocycles. The molecule has 1 amide bonds. The Morgan fingerprint density at radius 1 is 1.29 bits per heavy atom. The molecule has 8 heteroatoms. The molecule has 0 spiro atoms. The lowest BCUT2D eigenvalue weighted by Gasteiger charge is -2.39. The maximum Gasteiger partial charge on any atom is 0.240 e. The number of nitrogens with zero attached hydrogens (tertiary/aromatic N) is 2. The number of aromatic nitrogens is 1. The molecule has 0 aliphatic carbocycles. The molecule has 3 aromatic rings. The predicted molar refractivity (Wildman–Crippen MR) is 123 cm³/mol. The van der Waals surface area contributed by atoms with Crippen molar-refractivity contribution in [2.75, 3.05) is 18.6 Å². The van der Waals surface area contributed by atoms with Crippen LogP contribution in [0.15, 0.2) is 54.7 Å². The SMILES string of the molecule is COc1ccc(Cc2ccc(N3CCC3C(N)=O)nc2)c(F)c1-c1cccc(Cl)c1.Cl. The highest BCUT2D eigenvalue weighted by Crippen LogP contribution is 2.36. The molecule has 0 radical (unpaired) electrons. The minimum Gasteiger partial charge on any atom is -0.496 e. The number of rotatable bonds is 6. The van der Waals surface area contributed by atoms with E-state index in [2.05, 4.69) is 4.98 Å². The maximum atomic E-state index is 15.4. The van der Waals surface area contributed by atoms with Crippen LogP contribution >= 0.6 is 24.0 Å². The van der Waals surface area contributed by atoms with Crippen LogP contribution in [0, 0.1) is 5.82 Å². The summed E-state index contributed by atoms with van der Waals surface area (Å²) in [6, 6.07) is 13.9. The summed E-state index contributed by atoms with van der Waals surface area (Å²) in [7, 11) is 1.51. The van der Waals surface area contributed by atoms with Gasteiger partial charge in [0.15, 0.2) is 0 Å². The van der Waals surface area contributed by atoms with Gasteiger partial charge in [0.2, 0.25) is 5.91 Å². The van der Waals surface area contributed by atoms with Crippen LogP contribution in [0.2, 0.25) is 5.02 Å². The largest absolute Gasteiger partial charge is 0.496 e. The number of carbonyl (C=O) groups excluding carboxylic acids is 1. The Morgan fingerprint density at radius 3 is 2.68 bits per heavy atom. The summed E-state index contributed by atoms with van der Waals surface area (Å²) in [5, 5.41) is 0.527. The number of pyridine rings is 1. The van der Waals surface area contributed by atoms with Crippen LogP contribution in [0.4, 0.5) is 10.2 Å². The van der Waals surface area contributed by atoms with E-state index < -0.39 is 0 Å². The van der Waals surface area contributed by atoms with E-state index in [9.17, 15) is 4.79 Å². The number of hydrogen-bond acceptors (Lipinski definition) is 4. The molecule has 31 heavy (non-hydrogen) atoms. The quantitative estimate of drug-likeness (QED) is 0.580. The number of hydrogen-bond donors (Lipinski definition) is 1. The molecule has 1 unspecified atom stereocenters. The van der Waals surface area contributed by atoms with E-state index in [0.29, 0.717) is 39.7 Å². The molecule has 162 valence electrons. The molecule has 0 bridgehead atoms. The normalized spacial score (nSPS) is 15.1. The molecule has 1 saturated heterocycles. The standard InChI is InChI=1S/C23H21ClFN3O2.ClH/c1-30-19-7-6-16(22(25)21(19)15-3-2-4-17(24)12-15)11-14-5-8-20(27-13-14)28-10-9-18(28)23(26)29;/h2-8,12-13,18H,9-11H2,1H3,(H2,26,29);1H. The third kappa shape index (κ3) is 4.60. The van der Waals surface area contributed by atoms with Crippen LogP contribution in [0.3, 0.4) is 0 Å². The van der Waals surface area contributed by atoms with Gasteiger partial charge in [-0.3, -0.25) is 4.79 Å². The van der Waals surface area contributed by atoms with Gasteiger partial charge in [-0.15, -0.1) is 12.4 Å². The van der Waals surface area contributed by atoms with Gasteiger partial charge >= 0.3 is 0 Å². The fourth-order valence-electron chi connectivity index (χ4n) is 3.69. The van der Waals surface area contributed by atoms with Gasteiger partial charge in [-0.1, -0.05) is 35.9 Å². The lowest BCUT2D eigenvalue weighted by Crippen LogP contribution is -2.55. The van der Waals surface area contributed by atoms with Crippen molar-refractivity contribution in [3.63, 3.8) is 0 Å². The Balaban J connectivity index is 0.00000272. The van der Waals surface area contributed by atoms with Crippen LogP contribution in [0.5, 0.6) is 5.75 Å². The Bertz CT molecular complexity index is 1090. The summed E-state index contributed by atoms with van der Waals surface area (Å²) in [5.74, 6) is 0.448. The van der Waals surface area contributed by atoms with E-state index in [0.717, 1.165) is 18.5 Å². The van der Waals surface area contributed by atoms with Gasteiger partial charge in [0, 0.05) is 24.2 Å². The molecular formula is C23H22Cl2FN3O2. The summed E-state index contributed by atoms with van der Waals surface area (Å²) in [6.45, 7) is 0.746. The van der Waals surface area contributed by atoms with Crippen molar-refractivity contribution in [1.29, 1.82) is 0 Å². The van der Waals surface area contributed by atoms with Crippen LogP contribution in [-0.4, -0.2) is 30.6 Å². The second-order valence-electron chi connectivity index (χ2n) is 7.23. The van der Waals surface area contributed by atoms with Crippen molar-refractivity contribution >= 4 is 35.7 Å². The number of nitrogens with two attached hydrogens (primary N) is 1. The van der Waals surface area contributed by atoms with E-state index in [1.807, 2.05) is 17.0 Å². The predicted octanol–water partition coefficient (Wildman–Crippen LogP) is 4.63. The molecule has 0 saturated carbocycles. The lowest BCUT2D eigenvalue weighted by atomic mass is 9.97. The van der Waals surface area contributed by atoms with E-state index in [1.54, 1.807) is 42.6 Å². The fourth-order valence-corrected chi connectivity index (χ4v) is 3.88. The van der Waals surface area contributed by atoms with Gasteiger partial charge in [-0.25, -0.2) is 9.37 Å². The highest BCUT2D eigenvalue weighted by atomic mass is 35.5. The third-order valence-corrected chi connectivity index (χ3v) is 5.60. The van der Waals surface area contributed by atoms with Crippen LogP contribution in [0.25, 0.3) is 11.1 Å². The number of carbonyl (C=O) groups is 1. The monoisotopic (exact) mass is 461 g/mol. The van der Waals surface area contributed by atoms with Gasteiger partial charge in [0.1, 0.15) is 23.4 Å². The van der Waals surface area contributed by atoms with Gasteiger partial charge in [-0.2, -0.15) is 0 Å². The number of ether oxygens (including phenoxy) is 1. The molecule has 2 aromatic carbocycles. The highest BCUT2D eigenvalue weighted by Gasteiger charge is 2.33. The van der Waals surface area contributed by atoms with Crippen molar-refractivity contribution in [2.45, 2.75) is 18.9 Å². The van der Waals surface area contributed by atoms with Crippen LogP contribution < -0.4 is 15.4 Å². The zero-order chi connectivity index (χ0) is 21.3. The van der Waals surface area contributed by atoms with E-state index >= 15 is 4.39 Å². The minimum absolute atomic E-state index is 0. The van der Waals surface area contributed by atoms with Gasteiger partial charge in [-0.05, 0) is 47.4 Å². The minimum atomic E-state index is -0.350. The lowest BCUT2D eigenvalue weighted by molar-refractivity contribution is -0.120. The molecule has 4 rings (SSSR count). The molecule has 1 fully saturated rings. The summed E-state index contributed by atoms with van der Waals surface area (Å²) in [5.41, 5.74) is 7.82. The first kappa shape index (κ1) is 22.8. The summed E-state index contributed by atoms with van der Waals surface area (Å²) >= 11 is 6.09. The fraction of sp³-hybridized carbons (Fsp3) is 0.217. The number of primary amides is 1. The first-order chi connectivity index (χ1) is 14.5. The van der Waals surface area contributed by atoms with Crippen molar-refractivity contribution in [3.8, 4) is 16.9 Å². The first-order valence-corrected chi connectivity index (χ1v) is 9.98. The van der Waals surface area contributed by atoms with Crippen molar-refractivity contribution in [2.24, 2.45) is 5.73 Å². The Hall–Kier alpha value is -2.83. The van der Waals surface area contributed by atoms with Crippen molar-refractivity contribution < 1.29 is 13.9 Å². The summed E-state index contributed by atoms with van der Waals surface area (Å²) < 4.78 is 20.8. The van der Waals surface area contributed by atoms with E-state index in [1.165, 1.54) is 7.11 Å². The number of amides is 1.